The van der Waals surface area contributed by atoms with Crippen LogP contribution in [0.25, 0.3) is 0 Å². The Morgan fingerprint density at radius 2 is 1.88 bits per heavy atom. The van der Waals surface area contributed by atoms with E-state index < -0.39 is 50.5 Å². The number of amides is 1. The number of cyclic esters (lactones) is 1. The molecule has 180 valence electrons. The molecule has 7 nitrogen and oxygen atoms in total. The summed E-state index contributed by atoms with van der Waals surface area (Å²) < 4.78 is 17.3. The fraction of sp³-hybridized carbons (Fsp3) is 0.560. The fourth-order valence-corrected chi connectivity index (χ4v) is 5.44. The lowest BCUT2D eigenvalue weighted by Gasteiger charge is -2.43. The second-order valence-electron chi connectivity index (χ2n) is 10.4. The first-order chi connectivity index (χ1) is 15.4. The molecule has 1 aliphatic carbocycles. The van der Waals surface area contributed by atoms with E-state index in [1.165, 1.54) is 0 Å². The number of fused-ring (bicyclic) bond motifs is 1. The summed E-state index contributed by atoms with van der Waals surface area (Å²) in [5, 5.41) is 2.71. The smallest absolute Gasteiger partial charge is 0.407 e. The zero-order valence-electron chi connectivity index (χ0n) is 20.3. The molecular weight excluding hydrogens is 438 g/mol. The molecule has 1 heterocycles. The summed E-state index contributed by atoms with van der Waals surface area (Å²) in [7, 11) is -2.18. The maximum absolute atomic E-state index is 13.5. The van der Waals surface area contributed by atoms with E-state index in [0.29, 0.717) is 6.42 Å². The molecule has 1 saturated heterocycles. The Balaban J connectivity index is 1.70. The molecule has 1 aromatic rings. The monoisotopic (exact) mass is 473 g/mol. The van der Waals surface area contributed by atoms with Crippen molar-refractivity contribution in [2.45, 2.75) is 77.1 Å². The molecule has 33 heavy (non-hydrogen) atoms. The van der Waals surface area contributed by atoms with Gasteiger partial charge in [-0.3, -0.25) is 9.59 Å². The van der Waals surface area contributed by atoms with Gasteiger partial charge in [-0.05, 0) is 37.0 Å². The molecule has 0 bridgehead atoms. The summed E-state index contributed by atoms with van der Waals surface area (Å²) in [4.78, 5) is 38.7. The number of hydrogen-bond acceptors (Lipinski definition) is 6. The Kier molecular flexibility index (Phi) is 7.48. The molecule has 1 N–H and O–H groups in total. The van der Waals surface area contributed by atoms with Gasteiger partial charge in [0.25, 0.3) is 0 Å². The first kappa shape index (κ1) is 25.2. The quantitative estimate of drug-likeness (QED) is 0.375. The van der Waals surface area contributed by atoms with Crippen LogP contribution < -0.4 is 5.32 Å². The summed E-state index contributed by atoms with van der Waals surface area (Å²) in [5.41, 5.74) is 0.860. The third-order valence-electron chi connectivity index (χ3n) is 6.92. The van der Waals surface area contributed by atoms with Gasteiger partial charge in [0, 0.05) is 0 Å². The second kappa shape index (κ2) is 9.81. The average molecular weight is 474 g/mol. The average Bonchev–Trinajstić information content (AvgIpc) is 2.74. The summed E-state index contributed by atoms with van der Waals surface area (Å²) in [5.74, 6) is -1.98. The lowest BCUT2D eigenvalue weighted by molar-refractivity contribution is -0.178. The number of Topliss-reactive ketones (excluding diaryl/α,β-unsaturated/α-hetero) is 1. The summed E-state index contributed by atoms with van der Waals surface area (Å²) >= 11 is 0. The summed E-state index contributed by atoms with van der Waals surface area (Å²) in [6.45, 7) is 12.4. The number of esters is 1. The van der Waals surface area contributed by atoms with Gasteiger partial charge < -0.3 is 19.2 Å². The van der Waals surface area contributed by atoms with Crippen molar-refractivity contribution in [2.75, 3.05) is 0 Å². The molecule has 1 fully saturated rings. The summed E-state index contributed by atoms with van der Waals surface area (Å²) in [6.07, 6.45) is 1.76. The van der Waals surface area contributed by atoms with Crippen LogP contribution in [-0.2, 0) is 30.1 Å². The van der Waals surface area contributed by atoms with Gasteiger partial charge in [0.15, 0.2) is 20.2 Å². The molecule has 0 radical (unpaired) electrons. The van der Waals surface area contributed by atoms with Crippen molar-refractivity contribution in [1.29, 1.82) is 0 Å². The third-order valence-corrected chi connectivity index (χ3v) is 11.5. The van der Waals surface area contributed by atoms with E-state index in [4.69, 9.17) is 13.9 Å². The fourth-order valence-electron chi connectivity index (χ4n) is 4.04. The van der Waals surface area contributed by atoms with Crippen molar-refractivity contribution < 1.29 is 28.3 Å². The normalized spacial score (nSPS) is 26.2. The van der Waals surface area contributed by atoms with Crippen molar-refractivity contribution in [2.24, 2.45) is 11.8 Å². The maximum Gasteiger partial charge on any atom is 0.407 e. The molecule has 1 amide bonds. The zero-order valence-corrected chi connectivity index (χ0v) is 21.3. The highest BCUT2D eigenvalue weighted by Gasteiger charge is 2.52. The number of hydrogen-bond donors (Lipinski definition) is 1. The van der Waals surface area contributed by atoms with Gasteiger partial charge >= 0.3 is 12.1 Å². The number of carbonyl (C=O) groups is 3. The first-order valence-corrected chi connectivity index (χ1v) is 14.4. The molecule has 3 rings (SSSR count). The predicted octanol–water partition coefficient (Wildman–Crippen LogP) is 4.38. The van der Waals surface area contributed by atoms with Crippen molar-refractivity contribution in [3.05, 3.63) is 48.0 Å². The third kappa shape index (κ3) is 5.73. The van der Waals surface area contributed by atoms with Gasteiger partial charge in [-0.25, -0.2) is 4.79 Å². The van der Waals surface area contributed by atoms with E-state index in [-0.39, 0.29) is 17.4 Å². The lowest BCUT2D eigenvalue weighted by Crippen LogP contribution is -2.59. The number of benzene rings is 1. The van der Waals surface area contributed by atoms with Crippen LogP contribution in [0.4, 0.5) is 4.79 Å². The predicted molar refractivity (Wildman–Crippen MR) is 127 cm³/mol. The maximum atomic E-state index is 13.5. The molecule has 5 atom stereocenters. The number of alkyl carbamates (subject to hydrolysis) is 1. The molecule has 0 unspecified atom stereocenters. The zero-order chi connectivity index (χ0) is 24.4. The minimum atomic E-state index is -2.18. The lowest BCUT2D eigenvalue weighted by atomic mass is 9.73. The van der Waals surface area contributed by atoms with Crippen LogP contribution in [0.1, 0.15) is 39.7 Å². The Morgan fingerprint density at radius 3 is 2.52 bits per heavy atom. The molecule has 0 saturated carbocycles. The Bertz CT molecular complexity index is 907. The van der Waals surface area contributed by atoms with Crippen molar-refractivity contribution in [3.8, 4) is 0 Å². The molecule has 0 aromatic heterocycles. The van der Waals surface area contributed by atoms with Crippen LogP contribution >= 0.6 is 0 Å². The van der Waals surface area contributed by atoms with Crippen LogP contribution in [0.5, 0.6) is 0 Å². The molecule has 1 aliphatic heterocycles. The van der Waals surface area contributed by atoms with Crippen LogP contribution in [0.15, 0.2) is 42.5 Å². The Labute approximate surface area is 197 Å². The first-order valence-electron chi connectivity index (χ1n) is 11.5. The van der Waals surface area contributed by atoms with E-state index in [1.54, 1.807) is 19.1 Å². The SMILES string of the molecule is C[C@H](O[Si](C)(C)C(C)(C)C)[C@@H]1OC(=O)[C@H]2CC=C[C@@H](NC(=O)OCc3ccccc3)[C@H]2C1=O. The van der Waals surface area contributed by atoms with Gasteiger partial charge in [-0.2, -0.15) is 0 Å². The number of nitrogens with one attached hydrogen (secondary N) is 1. The van der Waals surface area contributed by atoms with Crippen LogP contribution in [-0.4, -0.2) is 44.4 Å². The van der Waals surface area contributed by atoms with E-state index in [9.17, 15) is 14.4 Å². The van der Waals surface area contributed by atoms with E-state index in [0.717, 1.165) is 5.56 Å². The van der Waals surface area contributed by atoms with Gasteiger partial charge in [-0.1, -0.05) is 63.3 Å². The number of ether oxygens (including phenoxy) is 2. The van der Waals surface area contributed by atoms with Gasteiger partial charge in [0.05, 0.1) is 24.0 Å². The van der Waals surface area contributed by atoms with Crippen LogP contribution in [0.2, 0.25) is 18.1 Å². The van der Waals surface area contributed by atoms with Crippen LogP contribution in [0, 0.1) is 11.8 Å². The topological polar surface area (TPSA) is 90.9 Å². The second-order valence-corrected chi connectivity index (χ2v) is 15.1. The minimum Gasteiger partial charge on any atom is -0.451 e. The minimum absolute atomic E-state index is 0.0499. The highest BCUT2D eigenvalue weighted by Crippen LogP contribution is 2.40. The molecule has 2 aliphatic rings. The van der Waals surface area contributed by atoms with Gasteiger partial charge in [0.2, 0.25) is 0 Å². The van der Waals surface area contributed by atoms with E-state index >= 15 is 0 Å². The van der Waals surface area contributed by atoms with Crippen molar-refractivity contribution in [3.63, 3.8) is 0 Å². The van der Waals surface area contributed by atoms with E-state index in [2.05, 4.69) is 39.2 Å². The van der Waals surface area contributed by atoms with E-state index in [1.807, 2.05) is 30.3 Å². The molecule has 0 spiro atoms. The number of allylic oxidation sites excluding steroid dienone is 1. The van der Waals surface area contributed by atoms with Gasteiger partial charge in [0.1, 0.15) is 6.61 Å². The Hall–Kier alpha value is -2.45. The summed E-state index contributed by atoms with van der Waals surface area (Å²) in [6, 6.07) is 8.69. The number of ketones is 1. The number of rotatable bonds is 6. The van der Waals surface area contributed by atoms with Crippen molar-refractivity contribution in [1.82, 2.24) is 5.32 Å². The highest BCUT2D eigenvalue weighted by molar-refractivity contribution is 6.74. The van der Waals surface area contributed by atoms with Crippen LogP contribution in [0.3, 0.4) is 0 Å². The Morgan fingerprint density at radius 1 is 1.21 bits per heavy atom. The molecule has 8 heteroatoms. The number of carbonyl (C=O) groups excluding carboxylic acids is 3. The van der Waals surface area contributed by atoms with Crippen molar-refractivity contribution >= 4 is 26.2 Å². The molecule has 1 aromatic carbocycles. The largest absolute Gasteiger partial charge is 0.451 e. The standard InChI is InChI=1S/C25H35NO6Si/c1-16(32-33(5,6)25(2,3)4)22-21(27)20-18(23(28)31-22)13-10-14-19(20)26-24(29)30-15-17-11-8-7-9-12-17/h7-12,14,16,18-20,22H,13,15H2,1-6H3,(H,26,29)/t16-,18-,19+,20-,22-/m0/s1. The highest BCUT2D eigenvalue weighted by atomic mass is 28.4. The van der Waals surface area contributed by atoms with Gasteiger partial charge in [-0.15, -0.1) is 0 Å². The molecular formula is C25H35NO6Si.